The largest absolute Gasteiger partial charge is 0.353 e. The number of hydrogen-bond acceptors (Lipinski definition) is 4. The molecule has 134 valence electrons. The van der Waals surface area contributed by atoms with E-state index in [1.165, 1.54) is 31.2 Å². The van der Waals surface area contributed by atoms with Gasteiger partial charge in [-0.15, -0.1) is 0 Å². The molecule has 0 spiro atoms. The van der Waals surface area contributed by atoms with Gasteiger partial charge in [0.1, 0.15) is 0 Å². The third-order valence-electron chi connectivity index (χ3n) is 5.83. The molecule has 2 aliphatic rings. The molecule has 0 radical (unpaired) electrons. The number of nitrogens with zero attached hydrogens (tertiary/aromatic N) is 1. The summed E-state index contributed by atoms with van der Waals surface area (Å²) < 4.78 is 0. The summed E-state index contributed by atoms with van der Waals surface area (Å²) >= 11 is 1.73. The van der Waals surface area contributed by atoms with E-state index in [-0.39, 0.29) is 18.0 Å². The fourth-order valence-corrected chi connectivity index (χ4v) is 5.14. The summed E-state index contributed by atoms with van der Waals surface area (Å²) in [6.07, 6.45) is 6.19. The Balaban J connectivity index is 1.57. The number of carbonyl (C=O) groups excluding carboxylic acids is 1. The van der Waals surface area contributed by atoms with Crippen molar-refractivity contribution in [2.75, 3.05) is 19.6 Å². The van der Waals surface area contributed by atoms with Crippen LogP contribution in [0.25, 0.3) is 0 Å². The van der Waals surface area contributed by atoms with Crippen LogP contribution in [-0.2, 0) is 4.79 Å². The quantitative estimate of drug-likeness (QED) is 0.795. The molecule has 4 nitrogen and oxygen atoms in total. The third-order valence-corrected chi connectivity index (χ3v) is 6.53. The molecule has 4 atom stereocenters. The van der Waals surface area contributed by atoms with Crippen molar-refractivity contribution in [1.82, 2.24) is 15.5 Å². The van der Waals surface area contributed by atoms with Gasteiger partial charge in [-0.3, -0.25) is 9.69 Å². The standard InChI is InChI=1S/C19H31N3OS/c1-3-22(4-2)18(15-9-10-24-13-15)12-20-19(23)17-11-14-7-5-6-8-16(14)21-17/h9-10,13-14,16-18,21H,3-8,11-12H2,1-2H3,(H,20,23). The first-order valence-electron chi connectivity index (χ1n) is 9.52. The van der Waals surface area contributed by atoms with E-state index in [4.69, 9.17) is 0 Å². The molecule has 2 heterocycles. The Kier molecular flexibility index (Phi) is 6.31. The number of likely N-dealkylation sites (N-methyl/N-ethyl adjacent to an activating group) is 1. The maximum Gasteiger partial charge on any atom is 0.237 e. The lowest BCUT2D eigenvalue weighted by Crippen LogP contribution is -2.46. The van der Waals surface area contributed by atoms with Crippen LogP contribution in [0.2, 0.25) is 0 Å². The Bertz CT molecular complexity index is 501. The zero-order valence-electron chi connectivity index (χ0n) is 15.0. The van der Waals surface area contributed by atoms with Crippen LogP contribution in [-0.4, -0.2) is 42.5 Å². The van der Waals surface area contributed by atoms with Crippen LogP contribution >= 0.6 is 11.3 Å². The van der Waals surface area contributed by atoms with E-state index < -0.39 is 0 Å². The normalized spacial score (nSPS) is 27.9. The Morgan fingerprint density at radius 1 is 1.38 bits per heavy atom. The first kappa shape index (κ1) is 17.9. The molecule has 2 N–H and O–H groups in total. The van der Waals surface area contributed by atoms with Crippen LogP contribution in [0.4, 0.5) is 0 Å². The topological polar surface area (TPSA) is 44.4 Å². The minimum absolute atomic E-state index is 0.0120. The smallest absolute Gasteiger partial charge is 0.237 e. The highest BCUT2D eigenvalue weighted by molar-refractivity contribution is 7.07. The summed E-state index contributed by atoms with van der Waals surface area (Å²) in [7, 11) is 0. The molecular formula is C19H31N3OS. The fourth-order valence-electron chi connectivity index (χ4n) is 4.43. The van der Waals surface area contributed by atoms with Crippen LogP contribution < -0.4 is 10.6 Å². The maximum absolute atomic E-state index is 12.7. The van der Waals surface area contributed by atoms with Gasteiger partial charge in [-0.05, 0) is 60.7 Å². The second kappa shape index (κ2) is 8.45. The number of hydrogen-bond donors (Lipinski definition) is 2. The van der Waals surface area contributed by atoms with Crippen molar-refractivity contribution < 1.29 is 4.79 Å². The van der Waals surface area contributed by atoms with Gasteiger partial charge in [-0.1, -0.05) is 26.7 Å². The zero-order chi connectivity index (χ0) is 16.9. The van der Waals surface area contributed by atoms with Gasteiger partial charge in [0.2, 0.25) is 5.91 Å². The zero-order valence-corrected chi connectivity index (χ0v) is 15.8. The third kappa shape index (κ3) is 4.01. The van der Waals surface area contributed by atoms with Crippen LogP contribution in [0.1, 0.15) is 57.6 Å². The second-order valence-electron chi connectivity index (χ2n) is 7.14. The lowest BCUT2D eigenvalue weighted by Gasteiger charge is -2.30. The molecule has 1 aliphatic carbocycles. The lowest BCUT2D eigenvalue weighted by atomic mass is 9.85. The Morgan fingerprint density at radius 3 is 2.83 bits per heavy atom. The summed E-state index contributed by atoms with van der Waals surface area (Å²) in [4.78, 5) is 15.1. The molecule has 1 aliphatic heterocycles. The average Bonchev–Trinajstić information content (AvgIpc) is 3.27. The maximum atomic E-state index is 12.7. The van der Waals surface area contributed by atoms with Crippen molar-refractivity contribution in [1.29, 1.82) is 0 Å². The van der Waals surface area contributed by atoms with Crippen molar-refractivity contribution in [3.05, 3.63) is 22.4 Å². The highest BCUT2D eigenvalue weighted by atomic mass is 32.1. The summed E-state index contributed by atoms with van der Waals surface area (Å²) in [6, 6.07) is 3.05. The van der Waals surface area contributed by atoms with Crippen molar-refractivity contribution in [2.24, 2.45) is 5.92 Å². The molecule has 4 unspecified atom stereocenters. The first-order chi connectivity index (χ1) is 11.7. The minimum Gasteiger partial charge on any atom is -0.353 e. The molecule has 0 aromatic carbocycles. The molecule has 1 aromatic rings. The molecule has 5 heteroatoms. The lowest BCUT2D eigenvalue weighted by molar-refractivity contribution is -0.123. The predicted molar refractivity (Wildman–Crippen MR) is 100 cm³/mol. The van der Waals surface area contributed by atoms with Gasteiger partial charge in [0, 0.05) is 12.6 Å². The molecule has 24 heavy (non-hydrogen) atoms. The molecule has 1 saturated heterocycles. The van der Waals surface area contributed by atoms with Crippen LogP contribution in [0, 0.1) is 5.92 Å². The second-order valence-corrected chi connectivity index (χ2v) is 7.92. The van der Waals surface area contributed by atoms with E-state index in [1.54, 1.807) is 11.3 Å². The monoisotopic (exact) mass is 349 g/mol. The number of rotatable bonds is 7. The first-order valence-corrected chi connectivity index (χ1v) is 10.5. The Hall–Kier alpha value is -0.910. The minimum atomic E-state index is 0.0120. The van der Waals surface area contributed by atoms with Gasteiger partial charge in [0.05, 0.1) is 12.1 Å². The average molecular weight is 350 g/mol. The molecule has 1 saturated carbocycles. The van der Waals surface area contributed by atoms with Gasteiger partial charge in [0.15, 0.2) is 0 Å². The SMILES string of the molecule is CCN(CC)C(CNC(=O)C1CC2CCCCC2N1)c1ccsc1. The van der Waals surface area contributed by atoms with Gasteiger partial charge < -0.3 is 10.6 Å². The molecule has 1 aromatic heterocycles. The summed E-state index contributed by atoms with van der Waals surface area (Å²) in [6.45, 7) is 7.07. The number of carbonyl (C=O) groups is 1. The van der Waals surface area contributed by atoms with E-state index >= 15 is 0 Å². The van der Waals surface area contributed by atoms with Crippen molar-refractivity contribution in [3.8, 4) is 0 Å². The molecule has 3 rings (SSSR count). The predicted octanol–water partition coefficient (Wildman–Crippen LogP) is 3.17. The summed E-state index contributed by atoms with van der Waals surface area (Å²) in [5, 5.41) is 11.1. The fraction of sp³-hybridized carbons (Fsp3) is 0.737. The van der Waals surface area contributed by atoms with E-state index in [2.05, 4.69) is 46.2 Å². The Labute approximate surface area is 150 Å². The van der Waals surface area contributed by atoms with Gasteiger partial charge >= 0.3 is 0 Å². The molecule has 0 bridgehead atoms. The van der Waals surface area contributed by atoms with Crippen LogP contribution in [0.5, 0.6) is 0 Å². The van der Waals surface area contributed by atoms with Gasteiger partial charge in [-0.2, -0.15) is 11.3 Å². The van der Waals surface area contributed by atoms with Crippen molar-refractivity contribution in [2.45, 2.75) is 64.1 Å². The number of nitrogens with one attached hydrogen (secondary N) is 2. The molecular weight excluding hydrogens is 318 g/mol. The number of thiophene rings is 1. The van der Waals surface area contributed by atoms with Gasteiger partial charge in [0.25, 0.3) is 0 Å². The van der Waals surface area contributed by atoms with Crippen molar-refractivity contribution in [3.63, 3.8) is 0 Å². The highest BCUT2D eigenvalue weighted by Gasteiger charge is 2.38. The van der Waals surface area contributed by atoms with E-state index in [9.17, 15) is 4.79 Å². The summed E-state index contributed by atoms with van der Waals surface area (Å²) in [5.74, 6) is 0.904. The highest BCUT2D eigenvalue weighted by Crippen LogP contribution is 2.33. The molecule has 2 fully saturated rings. The van der Waals surface area contributed by atoms with Crippen LogP contribution in [0.15, 0.2) is 16.8 Å². The van der Waals surface area contributed by atoms with E-state index in [1.807, 2.05) is 0 Å². The van der Waals surface area contributed by atoms with Crippen molar-refractivity contribution >= 4 is 17.2 Å². The molecule has 1 amide bonds. The Morgan fingerprint density at radius 2 is 2.17 bits per heavy atom. The van der Waals surface area contributed by atoms with E-state index in [0.717, 1.165) is 19.5 Å². The summed E-state index contributed by atoms with van der Waals surface area (Å²) in [5.41, 5.74) is 1.32. The number of fused-ring (bicyclic) bond motifs is 1. The van der Waals surface area contributed by atoms with E-state index in [0.29, 0.717) is 18.5 Å². The number of amides is 1. The van der Waals surface area contributed by atoms with Crippen LogP contribution in [0.3, 0.4) is 0 Å². The van der Waals surface area contributed by atoms with Gasteiger partial charge in [-0.25, -0.2) is 0 Å².